The van der Waals surface area contributed by atoms with Crippen molar-refractivity contribution in [2.75, 3.05) is 19.7 Å². The molecule has 0 aromatic rings. The van der Waals surface area contributed by atoms with Crippen molar-refractivity contribution in [3.8, 4) is 0 Å². The van der Waals surface area contributed by atoms with Gasteiger partial charge in [-0.3, -0.25) is 4.84 Å². The summed E-state index contributed by atoms with van der Waals surface area (Å²) in [5.74, 6) is 0. The predicted molar refractivity (Wildman–Crippen MR) is 50.8 cm³/mol. The molecule has 0 aromatic carbocycles. The SMILES string of the molecule is CC=CCON1CCCCCC1. The molecule has 1 aliphatic heterocycles. The summed E-state index contributed by atoms with van der Waals surface area (Å²) in [5, 5.41) is 2.10. The quantitative estimate of drug-likeness (QED) is 0.601. The summed E-state index contributed by atoms with van der Waals surface area (Å²) >= 11 is 0. The zero-order chi connectivity index (χ0) is 8.65. The van der Waals surface area contributed by atoms with E-state index in [0.29, 0.717) is 0 Å². The van der Waals surface area contributed by atoms with Crippen LogP contribution in [0.4, 0.5) is 0 Å². The van der Waals surface area contributed by atoms with Crippen molar-refractivity contribution in [3.05, 3.63) is 12.2 Å². The Hall–Kier alpha value is -0.340. The van der Waals surface area contributed by atoms with Crippen LogP contribution in [0.15, 0.2) is 12.2 Å². The average molecular weight is 169 g/mol. The van der Waals surface area contributed by atoms with Gasteiger partial charge in [0.2, 0.25) is 0 Å². The minimum absolute atomic E-state index is 0.733. The third kappa shape index (κ3) is 3.88. The lowest BCUT2D eigenvalue weighted by Gasteiger charge is -2.17. The Morgan fingerprint density at radius 1 is 1.17 bits per heavy atom. The fraction of sp³-hybridized carbons (Fsp3) is 0.800. The standard InChI is InChI=1S/C10H19NO/c1-2-3-10-12-11-8-6-4-5-7-9-11/h2-3H,4-10H2,1H3. The molecule has 0 amide bonds. The van der Waals surface area contributed by atoms with E-state index in [1.807, 2.05) is 19.1 Å². The number of rotatable bonds is 3. The van der Waals surface area contributed by atoms with Gasteiger partial charge in [0, 0.05) is 13.1 Å². The molecule has 0 spiro atoms. The third-order valence-electron chi connectivity index (χ3n) is 2.15. The molecule has 0 unspecified atom stereocenters. The van der Waals surface area contributed by atoms with Crippen LogP contribution >= 0.6 is 0 Å². The Balaban J connectivity index is 2.11. The van der Waals surface area contributed by atoms with Crippen LogP contribution in [0.3, 0.4) is 0 Å². The molecule has 70 valence electrons. The van der Waals surface area contributed by atoms with E-state index in [-0.39, 0.29) is 0 Å². The first-order chi connectivity index (χ1) is 5.93. The van der Waals surface area contributed by atoms with Gasteiger partial charge in [0.25, 0.3) is 0 Å². The first-order valence-corrected chi connectivity index (χ1v) is 4.92. The zero-order valence-electron chi connectivity index (χ0n) is 7.96. The van der Waals surface area contributed by atoms with Gasteiger partial charge in [-0.2, -0.15) is 5.06 Å². The normalized spacial score (nSPS) is 21.4. The molecule has 1 rings (SSSR count). The van der Waals surface area contributed by atoms with E-state index in [9.17, 15) is 0 Å². The maximum atomic E-state index is 5.55. The summed E-state index contributed by atoms with van der Waals surface area (Å²) in [4.78, 5) is 5.55. The summed E-state index contributed by atoms with van der Waals surface area (Å²) in [6.07, 6.45) is 9.38. The molecule has 0 atom stereocenters. The molecular weight excluding hydrogens is 150 g/mol. The average Bonchev–Trinajstić information content (AvgIpc) is 2.33. The molecule has 1 heterocycles. The Kier molecular flexibility index (Phi) is 5.04. The Morgan fingerprint density at radius 3 is 2.42 bits per heavy atom. The van der Waals surface area contributed by atoms with Crippen LogP contribution in [0.25, 0.3) is 0 Å². The van der Waals surface area contributed by atoms with E-state index < -0.39 is 0 Å². The third-order valence-corrected chi connectivity index (χ3v) is 2.15. The van der Waals surface area contributed by atoms with Gasteiger partial charge in [-0.25, -0.2) is 0 Å². The van der Waals surface area contributed by atoms with E-state index in [1.165, 1.54) is 25.7 Å². The monoisotopic (exact) mass is 169 g/mol. The van der Waals surface area contributed by atoms with Crippen LogP contribution < -0.4 is 0 Å². The van der Waals surface area contributed by atoms with Gasteiger partial charge in [-0.1, -0.05) is 25.0 Å². The minimum Gasteiger partial charge on any atom is -0.295 e. The molecule has 0 aliphatic carbocycles. The molecule has 0 bridgehead atoms. The van der Waals surface area contributed by atoms with Crippen molar-refractivity contribution in [1.82, 2.24) is 5.06 Å². The second-order valence-electron chi connectivity index (χ2n) is 3.21. The second kappa shape index (κ2) is 6.21. The molecule has 0 saturated carbocycles. The maximum Gasteiger partial charge on any atom is 0.0866 e. The van der Waals surface area contributed by atoms with Gasteiger partial charge in [0.1, 0.15) is 0 Å². The molecule has 12 heavy (non-hydrogen) atoms. The Morgan fingerprint density at radius 2 is 1.83 bits per heavy atom. The highest BCUT2D eigenvalue weighted by molar-refractivity contribution is 4.75. The summed E-state index contributed by atoms with van der Waals surface area (Å²) in [6, 6.07) is 0. The highest BCUT2D eigenvalue weighted by Gasteiger charge is 2.07. The summed E-state index contributed by atoms with van der Waals surface area (Å²) in [6.45, 7) is 4.97. The van der Waals surface area contributed by atoms with Crippen molar-refractivity contribution in [2.45, 2.75) is 32.6 Å². The summed E-state index contributed by atoms with van der Waals surface area (Å²) in [5.41, 5.74) is 0. The number of hydroxylamine groups is 2. The highest BCUT2D eigenvalue weighted by Crippen LogP contribution is 2.09. The van der Waals surface area contributed by atoms with E-state index in [1.54, 1.807) is 0 Å². The van der Waals surface area contributed by atoms with Crippen LogP contribution in [0.2, 0.25) is 0 Å². The van der Waals surface area contributed by atoms with Crippen molar-refractivity contribution in [3.63, 3.8) is 0 Å². The zero-order valence-corrected chi connectivity index (χ0v) is 7.96. The van der Waals surface area contributed by atoms with E-state index in [0.717, 1.165) is 19.7 Å². The Bertz CT molecular complexity index is 126. The molecule has 0 radical (unpaired) electrons. The molecule has 0 aromatic heterocycles. The second-order valence-corrected chi connectivity index (χ2v) is 3.21. The number of hydrogen-bond donors (Lipinski definition) is 0. The summed E-state index contributed by atoms with van der Waals surface area (Å²) < 4.78 is 0. The molecule has 2 heteroatoms. The maximum absolute atomic E-state index is 5.55. The predicted octanol–water partition coefficient (Wildman–Crippen LogP) is 2.37. The molecule has 1 fully saturated rings. The fourth-order valence-electron chi connectivity index (χ4n) is 1.42. The van der Waals surface area contributed by atoms with Crippen molar-refractivity contribution in [1.29, 1.82) is 0 Å². The number of allylic oxidation sites excluding steroid dienone is 1. The van der Waals surface area contributed by atoms with Crippen LogP contribution in [-0.4, -0.2) is 24.8 Å². The fourth-order valence-corrected chi connectivity index (χ4v) is 1.42. The van der Waals surface area contributed by atoms with Gasteiger partial charge < -0.3 is 0 Å². The van der Waals surface area contributed by atoms with Crippen molar-refractivity contribution >= 4 is 0 Å². The number of nitrogens with zero attached hydrogens (tertiary/aromatic N) is 1. The van der Waals surface area contributed by atoms with Crippen LogP contribution in [0, 0.1) is 0 Å². The van der Waals surface area contributed by atoms with Crippen molar-refractivity contribution < 1.29 is 4.84 Å². The summed E-state index contributed by atoms with van der Waals surface area (Å²) in [7, 11) is 0. The van der Waals surface area contributed by atoms with Gasteiger partial charge in [0.05, 0.1) is 6.61 Å². The first-order valence-electron chi connectivity index (χ1n) is 4.92. The van der Waals surface area contributed by atoms with E-state index in [4.69, 9.17) is 4.84 Å². The minimum atomic E-state index is 0.733. The van der Waals surface area contributed by atoms with Crippen LogP contribution in [0.5, 0.6) is 0 Å². The van der Waals surface area contributed by atoms with Gasteiger partial charge in [-0.15, -0.1) is 0 Å². The van der Waals surface area contributed by atoms with E-state index in [2.05, 4.69) is 5.06 Å². The molecule has 1 aliphatic rings. The van der Waals surface area contributed by atoms with E-state index >= 15 is 0 Å². The lowest BCUT2D eigenvalue weighted by molar-refractivity contribution is -0.145. The lowest BCUT2D eigenvalue weighted by atomic mass is 10.2. The number of hydrogen-bond acceptors (Lipinski definition) is 2. The smallest absolute Gasteiger partial charge is 0.0866 e. The van der Waals surface area contributed by atoms with Gasteiger partial charge in [0.15, 0.2) is 0 Å². The van der Waals surface area contributed by atoms with Gasteiger partial charge >= 0.3 is 0 Å². The largest absolute Gasteiger partial charge is 0.295 e. The lowest BCUT2D eigenvalue weighted by Crippen LogP contribution is -2.24. The first kappa shape index (κ1) is 9.75. The molecule has 2 nitrogen and oxygen atoms in total. The Labute approximate surface area is 75.2 Å². The molecular formula is C10H19NO. The highest BCUT2D eigenvalue weighted by atomic mass is 16.7. The molecule has 1 saturated heterocycles. The van der Waals surface area contributed by atoms with Gasteiger partial charge in [-0.05, 0) is 19.8 Å². The topological polar surface area (TPSA) is 12.5 Å². The van der Waals surface area contributed by atoms with Crippen LogP contribution in [-0.2, 0) is 4.84 Å². The van der Waals surface area contributed by atoms with Crippen LogP contribution in [0.1, 0.15) is 32.6 Å². The molecule has 0 N–H and O–H groups in total. The van der Waals surface area contributed by atoms with Crippen molar-refractivity contribution in [2.24, 2.45) is 0 Å².